The standard InChI is InChI=1S/C12H15N3O2/c1-16-8-11-14-12(17-15-11)10(7-13)9-5-3-2-4-6-9/h2-6,10H,7-8,13H2,1H3. The second-order valence-corrected chi connectivity index (χ2v) is 3.68. The predicted octanol–water partition coefficient (Wildman–Crippen LogP) is 1.31. The largest absolute Gasteiger partial charge is 0.377 e. The molecule has 0 aliphatic heterocycles. The van der Waals surface area contributed by atoms with Crippen LogP contribution in [0.15, 0.2) is 34.9 Å². The summed E-state index contributed by atoms with van der Waals surface area (Å²) in [5.74, 6) is 1.01. The Kier molecular flexibility index (Phi) is 3.85. The van der Waals surface area contributed by atoms with Crippen molar-refractivity contribution in [1.29, 1.82) is 0 Å². The van der Waals surface area contributed by atoms with Crippen molar-refractivity contribution >= 4 is 0 Å². The van der Waals surface area contributed by atoms with Gasteiger partial charge in [-0.25, -0.2) is 0 Å². The van der Waals surface area contributed by atoms with E-state index in [2.05, 4.69) is 10.1 Å². The van der Waals surface area contributed by atoms with Crippen LogP contribution < -0.4 is 5.73 Å². The molecule has 5 nitrogen and oxygen atoms in total. The first-order valence-electron chi connectivity index (χ1n) is 5.41. The minimum absolute atomic E-state index is 0.0608. The van der Waals surface area contributed by atoms with E-state index in [4.69, 9.17) is 15.0 Å². The lowest BCUT2D eigenvalue weighted by molar-refractivity contribution is 0.174. The molecule has 0 bridgehead atoms. The molecule has 1 heterocycles. The molecule has 2 aromatic rings. The summed E-state index contributed by atoms with van der Waals surface area (Å²) in [4.78, 5) is 4.26. The third kappa shape index (κ3) is 2.69. The molecule has 0 aliphatic rings. The van der Waals surface area contributed by atoms with Gasteiger partial charge in [-0.2, -0.15) is 4.98 Å². The number of aromatic nitrogens is 2. The molecule has 0 saturated heterocycles. The molecule has 0 fully saturated rings. The number of benzene rings is 1. The van der Waals surface area contributed by atoms with Crippen molar-refractivity contribution in [3.05, 3.63) is 47.6 Å². The van der Waals surface area contributed by atoms with Crippen LogP contribution in [0.4, 0.5) is 0 Å². The molecule has 17 heavy (non-hydrogen) atoms. The highest BCUT2D eigenvalue weighted by Crippen LogP contribution is 2.21. The Balaban J connectivity index is 2.23. The predicted molar refractivity (Wildman–Crippen MR) is 62.4 cm³/mol. The van der Waals surface area contributed by atoms with Gasteiger partial charge in [-0.1, -0.05) is 35.5 Å². The lowest BCUT2D eigenvalue weighted by Gasteiger charge is -2.09. The fourth-order valence-corrected chi connectivity index (χ4v) is 1.66. The molecule has 1 aromatic heterocycles. The molecular weight excluding hydrogens is 218 g/mol. The topological polar surface area (TPSA) is 74.2 Å². The molecule has 0 saturated carbocycles. The first-order chi connectivity index (χ1) is 8.35. The molecule has 0 spiro atoms. The van der Waals surface area contributed by atoms with E-state index in [1.807, 2.05) is 30.3 Å². The van der Waals surface area contributed by atoms with E-state index >= 15 is 0 Å². The van der Waals surface area contributed by atoms with Gasteiger partial charge in [0.05, 0.1) is 5.92 Å². The zero-order valence-electron chi connectivity index (χ0n) is 9.67. The van der Waals surface area contributed by atoms with Crippen LogP contribution in [0.1, 0.15) is 23.2 Å². The number of rotatable bonds is 5. The molecule has 1 unspecified atom stereocenters. The lowest BCUT2D eigenvalue weighted by Crippen LogP contribution is -2.14. The van der Waals surface area contributed by atoms with Crippen LogP contribution >= 0.6 is 0 Å². The fourth-order valence-electron chi connectivity index (χ4n) is 1.66. The van der Waals surface area contributed by atoms with Crippen molar-refractivity contribution in [3.63, 3.8) is 0 Å². The number of nitrogens with two attached hydrogens (primary N) is 1. The Morgan fingerprint density at radius 1 is 1.35 bits per heavy atom. The molecule has 0 aliphatic carbocycles. The van der Waals surface area contributed by atoms with Gasteiger partial charge in [-0.05, 0) is 5.56 Å². The van der Waals surface area contributed by atoms with E-state index in [1.54, 1.807) is 7.11 Å². The highest BCUT2D eigenvalue weighted by Gasteiger charge is 2.19. The van der Waals surface area contributed by atoms with E-state index in [9.17, 15) is 0 Å². The summed E-state index contributed by atoms with van der Waals surface area (Å²) >= 11 is 0. The highest BCUT2D eigenvalue weighted by atomic mass is 16.5. The molecule has 1 atom stereocenters. The molecule has 90 valence electrons. The van der Waals surface area contributed by atoms with Gasteiger partial charge in [0.15, 0.2) is 5.82 Å². The molecule has 2 rings (SSSR count). The van der Waals surface area contributed by atoms with Crippen molar-refractivity contribution < 1.29 is 9.26 Å². The van der Waals surface area contributed by atoms with Crippen LogP contribution in [-0.4, -0.2) is 23.8 Å². The smallest absolute Gasteiger partial charge is 0.235 e. The fraction of sp³-hybridized carbons (Fsp3) is 0.333. The third-order valence-corrected chi connectivity index (χ3v) is 2.49. The third-order valence-electron chi connectivity index (χ3n) is 2.49. The summed E-state index contributed by atoms with van der Waals surface area (Å²) in [6, 6.07) is 9.88. The summed E-state index contributed by atoms with van der Waals surface area (Å²) in [6.45, 7) is 0.772. The first-order valence-corrected chi connectivity index (χ1v) is 5.41. The van der Waals surface area contributed by atoms with Gasteiger partial charge in [0.25, 0.3) is 0 Å². The second-order valence-electron chi connectivity index (χ2n) is 3.68. The Morgan fingerprint density at radius 2 is 2.12 bits per heavy atom. The second kappa shape index (κ2) is 5.56. The quantitative estimate of drug-likeness (QED) is 0.842. The van der Waals surface area contributed by atoms with Crippen LogP contribution in [0.2, 0.25) is 0 Å². The molecule has 0 amide bonds. The van der Waals surface area contributed by atoms with E-state index < -0.39 is 0 Å². The zero-order valence-corrected chi connectivity index (χ0v) is 9.67. The van der Waals surface area contributed by atoms with Crippen LogP contribution in [0.3, 0.4) is 0 Å². The van der Waals surface area contributed by atoms with Crippen molar-refractivity contribution in [1.82, 2.24) is 10.1 Å². The Bertz CT molecular complexity index is 456. The van der Waals surface area contributed by atoms with Crippen LogP contribution in [-0.2, 0) is 11.3 Å². The minimum atomic E-state index is -0.0608. The molecule has 0 radical (unpaired) electrons. The SMILES string of the molecule is COCc1noc(C(CN)c2ccccc2)n1. The maximum Gasteiger partial charge on any atom is 0.235 e. The van der Waals surface area contributed by atoms with Gasteiger partial charge in [0, 0.05) is 13.7 Å². The van der Waals surface area contributed by atoms with Crippen molar-refractivity contribution in [2.24, 2.45) is 5.73 Å². The lowest BCUT2D eigenvalue weighted by atomic mass is 9.99. The molecule has 1 aromatic carbocycles. The molecule has 2 N–H and O–H groups in total. The van der Waals surface area contributed by atoms with Crippen molar-refractivity contribution in [2.45, 2.75) is 12.5 Å². The Labute approximate surface area is 99.6 Å². The van der Waals surface area contributed by atoms with Gasteiger partial charge in [-0.3, -0.25) is 0 Å². The van der Waals surface area contributed by atoms with Gasteiger partial charge in [0.1, 0.15) is 6.61 Å². The van der Waals surface area contributed by atoms with E-state index in [0.717, 1.165) is 5.56 Å². The number of hydrogen-bond donors (Lipinski definition) is 1. The summed E-state index contributed by atoms with van der Waals surface area (Å²) in [7, 11) is 1.59. The summed E-state index contributed by atoms with van der Waals surface area (Å²) in [5, 5.41) is 3.83. The van der Waals surface area contributed by atoms with Gasteiger partial charge < -0.3 is 15.0 Å². The highest BCUT2D eigenvalue weighted by molar-refractivity contribution is 5.24. The van der Waals surface area contributed by atoms with Crippen molar-refractivity contribution in [2.75, 3.05) is 13.7 Å². The van der Waals surface area contributed by atoms with Crippen LogP contribution in [0, 0.1) is 0 Å². The average Bonchev–Trinajstić information content (AvgIpc) is 2.81. The maximum absolute atomic E-state index is 5.76. The monoisotopic (exact) mass is 233 g/mol. The number of methoxy groups -OCH3 is 1. The first kappa shape index (κ1) is 11.8. The average molecular weight is 233 g/mol. The Hall–Kier alpha value is -1.72. The summed E-state index contributed by atoms with van der Waals surface area (Å²) < 4.78 is 10.1. The van der Waals surface area contributed by atoms with Gasteiger partial charge in [0.2, 0.25) is 5.89 Å². The van der Waals surface area contributed by atoms with Crippen molar-refractivity contribution in [3.8, 4) is 0 Å². The van der Waals surface area contributed by atoms with E-state index in [-0.39, 0.29) is 5.92 Å². The Morgan fingerprint density at radius 3 is 2.76 bits per heavy atom. The van der Waals surface area contributed by atoms with Gasteiger partial charge in [-0.15, -0.1) is 0 Å². The van der Waals surface area contributed by atoms with Gasteiger partial charge >= 0.3 is 0 Å². The van der Waals surface area contributed by atoms with Crippen LogP contribution in [0.25, 0.3) is 0 Å². The molecule has 5 heteroatoms. The van der Waals surface area contributed by atoms with Crippen LogP contribution in [0.5, 0.6) is 0 Å². The summed E-state index contributed by atoms with van der Waals surface area (Å²) in [5.41, 5.74) is 6.83. The number of hydrogen-bond acceptors (Lipinski definition) is 5. The number of nitrogens with zero attached hydrogens (tertiary/aromatic N) is 2. The minimum Gasteiger partial charge on any atom is -0.377 e. The van der Waals surface area contributed by atoms with E-state index in [0.29, 0.717) is 24.9 Å². The van der Waals surface area contributed by atoms with E-state index in [1.165, 1.54) is 0 Å². The zero-order chi connectivity index (χ0) is 12.1. The maximum atomic E-state index is 5.76. The molecular formula is C12H15N3O2. The number of ether oxygens (including phenoxy) is 1. The normalized spacial score (nSPS) is 12.6. The summed E-state index contributed by atoms with van der Waals surface area (Å²) in [6.07, 6.45) is 0.